The molecule has 0 saturated heterocycles. The van der Waals surface area contributed by atoms with Crippen molar-refractivity contribution < 1.29 is 4.79 Å². The summed E-state index contributed by atoms with van der Waals surface area (Å²) in [7, 11) is 0. The molecule has 1 aliphatic carbocycles. The third kappa shape index (κ3) is 3.30. The van der Waals surface area contributed by atoms with Gasteiger partial charge in [0.25, 0.3) is 0 Å². The van der Waals surface area contributed by atoms with Crippen LogP contribution in [0.3, 0.4) is 0 Å². The number of hydrogen-bond donors (Lipinski definition) is 1. The minimum Gasteiger partial charge on any atom is -0.312 e. The predicted molar refractivity (Wildman–Crippen MR) is 70.2 cm³/mol. The molecule has 3 nitrogen and oxygen atoms in total. The second kappa shape index (κ2) is 5.32. The van der Waals surface area contributed by atoms with Crippen molar-refractivity contribution in [2.75, 3.05) is 18.0 Å². The molecule has 0 bridgehead atoms. The molecular weight excluding hydrogens is 212 g/mol. The molecule has 1 aliphatic rings. The van der Waals surface area contributed by atoms with Crippen LogP contribution in [-0.4, -0.2) is 25.0 Å². The molecule has 0 aliphatic heterocycles. The first-order valence-corrected chi connectivity index (χ1v) is 6.31. The van der Waals surface area contributed by atoms with Crippen molar-refractivity contribution >= 4 is 11.6 Å². The molecule has 0 spiro atoms. The summed E-state index contributed by atoms with van der Waals surface area (Å²) in [5, 5.41) is 3.26. The van der Waals surface area contributed by atoms with Gasteiger partial charge < -0.3 is 10.2 Å². The summed E-state index contributed by atoms with van der Waals surface area (Å²) in [4.78, 5) is 13.9. The number of rotatable bonds is 5. The first-order chi connectivity index (χ1) is 8.20. The van der Waals surface area contributed by atoms with Crippen LogP contribution in [0.15, 0.2) is 24.3 Å². The number of anilines is 1. The van der Waals surface area contributed by atoms with Crippen molar-refractivity contribution in [1.82, 2.24) is 5.32 Å². The Hall–Kier alpha value is -1.35. The van der Waals surface area contributed by atoms with Crippen molar-refractivity contribution in [3.8, 4) is 0 Å². The van der Waals surface area contributed by atoms with Gasteiger partial charge in [-0.3, -0.25) is 4.79 Å². The zero-order chi connectivity index (χ0) is 12.3. The molecule has 1 aromatic carbocycles. The van der Waals surface area contributed by atoms with E-state index in [2.05, 4.69) is 12.2 Å². The largest absolute Gasteiger partial charge is 0.312 e. The Bertz CT molecular complexity index is 382. The van der Waals surface area contributed by atoms with Gasteiger partial charge in [0.05, 0.1) is 6.54 Å². The second-order valence-corrected chi connectivity index (χ2v) is 4.63. The van der Waals surface area contributed by atoms with E-state index in [9.17, 15) is 4.79 Å². The van der Waals surface area contributed by atoms with Crippen molar-refractivity contribution in [3.63, 3.8) is 0 Å². The molecule has 2 rings (SSSR count). The van der Waals surface area contributed by atoms with Gasteiger partial charge >= 0.3 is 0 Å². The molecule has 92 valence electrons. The van der Waals surface area contributed by atoms with E-state index in [1.54, 1.807) is 0 Å². The van der Waals surface area contributed by atoms with E-state index in [-0.39, 0.29) is 5.91 Å². The van der Waals surface area contributed by atoms with Gasteiger partial charge in [-0.1, -0.05) is 17.7 Å². The highest BCUT2D eigenvalue weighted by atomic mass is 16.2. The summed E-state index contributed by atoms with van der Waals surface area (Å²) in [6, 6.07) is 8.68. The monoisotopic (exact) mass is 232 g/mol. The van der Waals surface area contributed by atoms with Crippen molar-refractivity contribution in [3.05, 3.63) is 29.8 Å². The first-order valence-electron chi connectivity index (χ1n) is 6.31. The highest BCUT2D eigenvalue weighted by molar-refractivity contribution is 5.94. The topological polar surface area (TPSA) is 32.3 Å². The maximum Gasteiger partial charge on any atom is 0.240 e. The number of aryl methyl sites for hydroxylation is 1. The average Bonchev–Trinajstić information content (AvgIpc) is 3.14. The first kappa shape index (κ1) is 12.1. The number of likely N-dealkylation sites (N-methyl/N-ethyl adjacent to an activating group) is 1. The van der Waals surface area contributed by atoms with Crippen molar-refractivity contribution in [1.29, 1.82) is 0 Å². The number of carbonyl (C=O) groups is 1. The summed E-state index contributed by atoms with van der Waals surface area (Å²) in [6.45, 7) is 5.23. The number of amides is 1. The Morgan fingerprint density at radius 1 is 1.35 bits per heavy atom. The summed E-state index contributed by atoms with van der Waals surface area (Å²) in [6.07, 6.45) is 2.42. The Balaban J connectivity index is 1.98. The van der Waals surface area contributed by atoms with Gasteiger partial charge in [0, 0.05) is 18.3 Å². The van der Waals surface area contributed by atoms with Crippen molar-refractivity contribution in [2.45, 2.75) is 32.7 Å². The van der Waals surface area contributed by atoms with E-state index in [4.69, 9.17) is 0 Å². The van der Waals surface area contributed by atoms with E-state index >= 15 is 0 Å². The third-order valence-corrected chi connectivity index (χ3v) is 3.08. The van der Waals surface area contributed by atoms with Crippen LogP contribution in [0.4, 0.5) is 5.69 Å². The van der Waals surface area contributed by atoms with Crippen LogP contribution >= 0.6 is 0 Å². The number of carbonyl (C=O) groups excluding carboxylic acids is 1. The number of hydrogen-bond acceptors (Lipinski definition) is 2. The highest BCUT2D eigenvalue weighted by Gasteiger charge is 2.22. The smallest absolute Gasteiger partial charge is 0.240 e. The van der Waals surface area contributed by atoms with Gasteiger partial charge in [0.2, 0.25) is 5.91 Å². The lowest BCUT2D eigenvalue weighted by Gasteiger charge is -2.21. The lowest BCUT2D eigenvalue weighted by Crippen LogP contribution is -2.38. The fourth-order valence-corrected chi connectivity index (χ4v) is 1.84. The van der Waals surface area contributed by atoms with E-state index in [0.29, 0.717) is 19.1 Å². The van der Waals surface area contributed by atoms with Gasteiger partial charge in [-0.2, -0.15) is 0 Å². The van der Waals surface area contributed by atoms with E-state index in [0.717, 1.165) is 5.69 Å². The van der Waals surface area contributed by atoms with E-state index < -0.39 is 0 Å². The van der Waals surface area contributed by atoms with Crippen LogP contribution < -0.4 is 10.2 Å². The van der Waals surface area contributed by atoms with Gasteiger partial charge in [0.1, 0.15) is 0 Å². The maximum atomic E-state index is 12.1. The Kier molecular flexibility index (Phi) is 3.79. The number of nitrogens with one attached hydrogen (secondary N) is 1. The molecule has 3 heteroatoms. The SMILES string of the molecule is CCN(C(=O)CNC1CC1)c1ccc(C)cc1. The van der Waals surface area contributed by atoms with Crippen LogP contribution in [0.5, 0.6) is 0 Å². The lowest BCUT2D eigenvalue weighted by atomic mass is 10.2. The number of benzene rings is 1. The maximum absolute atomic E-state index is 12.1. The van der Waals surface area contributed by atoms with Gasteiger partial charge in [-0.05, 0) is 38.8 Å². The summed E-state index contributed by atoms with van der Waals surface area (Å²) in [5.74, 6) is 0.156. The molecule has 0 radical (unpaired) electrons. The van der Waals surface area contributed by atoms with Crippen LogP contribution in [0.1, 0.15) is 25.3 Å². The van der Waals surface area contributed by atoms with Crippen LogP contribution in [0.25, 0.3) is 0 Å². The molecule has 1 N–H and O–H groups in total. The molecule has 1 aromatic rings. The number of nitrogens with zero attached hydrogens (tertiary/aromatic N) is 1. The summed E-state index contributed by atoms with van der Waals surface area (Å²) < 4.78 is 0. The molecular formula is C14H20N2O. The molecule has 0 heterocycles. The normalized spacial score (nSPS) is 14.7. The summed E-state index contributed by atoms with van der Waals surface area (Å²) >= 11 is 0. The fourth-order valence-electron chi connectivity index (χ4n) is 1.84. The second-order valence-electron chi connectivity index (χ2n) is 4.63. The molecule has 1 saturated carbocycles. The van der Waals surface area contributed by atoms with Gasteiger partial charge in [-0.15, -0.1) is 0 Å². The summed E-state index contributed by atoms with van der Waals surface area (Å²) in [5.41, 5.74) is 2.20. The zero-order valence-corrected chi connectivity index (χ0v) is 10.6. The quantitative estimate of drug-likeness (QED) is 0.843. The Morgan fingerprint density at radius 3 is 2.53 bits per heavy atom. The minimum absolute atomic E-state index is 0.156. The molecule has 0 atom stereocenters. The van der Waals surface area contributed by atoms with Crippen LogP contribution in [0, 0.1) is 6.92 Å². The highest BCUT2D eigenvalue weighted by Crippen LogP contribution is 2.19. The minimum atomic E-state index is 0.156. The lowest BCUT2D eigenvalue weighted by molar-refractivity contribution is -0.117. The van der Waals surface area contributed by atoms with Gasteiger partial charge in [-0.25, -0.2) is 0 Å². The average molecular weight is 232 g/mol. The zero-order valence-electron chi connectivity index (χ0n) is 10.6. The van der Waals surface area contributed by atoms with E-state index in [1.807, 2.05) is 36.1 Å². The van der Waals surface area contributed by atoms with Crippen molar-refractivity contribution in [2.24, 2.45) is 0 Å². The molecule has 1 fully saturated rings. The fraction of sp³-hybridized carbons (Fsp3) is 0.500. The van der Waals surface area contributed by atoms with Crippen LogP contribution in [0.2, 0.25) is 0 Å². The Morgan fingerprint density at radius 2 is 2.00 bits per heavy atom. The predicted octanol–water partition coefficient (Wildman–Crippen LogP) is 2.10. The molecule has 17 heavy (non-hydrogen) atoms. The molecule has 1 amide bonds. The van der Waals surface area contributed by atoms with Gasteiger partial charge in [0.15, 0.2) is 0 Å². The molecule has 0 aromatic heterocycles. The Labute approximate surface area is 103 Å². The van der Waals surface area contributed by atoms with Crippen LogP contribution in [-0.2, 0) is 4.79 Å². The standard InChI is InChI=1S/C14H20N2O/c1-3-16(13-8-4-11(2)5-9-13)14(17)10-15-12-6-7-12/h4-5,8-9,12,15H,3,6-7,10H2,1-2H3. The third-order valence-electron chi connectivity index (χ3n) is 3.08. The molecule has 0 unspecified atom stereocenters. The van der Waals surface area contributed by atoms with E-state index in [1.165, 1.54) is 18.4 Å².